The summed E-state index contributed by atoms with van der Waals surface area (Å²) in [7, 11) is 0. The predicted molar refractivity (Wildman–Crippen MR) is 178 cm³/mol. The molecule has 0 heterocycles. The Morgan fingerprint density at radius 1 is 0.830 bits per heavy atom. The van der Waals surface area contributed by atoms with Gasteiger partial charge in [0.25, 0.3) is 0 Å². The van der Waals surface area contributed by atoms with Gasteiger partial charge in [-0.3, -0.25) is 14.4 Å². The molecular formula is C38H52O9. The Balaban J connectivity index is 1.74. The minimum absolute atomic E-state index is 0.0919. The summed E-state index contributed by atoms with van der Waals surface area (Å²) < 4.78 is 15.9. The number of benzene rings is 1. The van der Waals surface area contributed by atoms with E-state index in [1.807, 2.05) is 42.5 Å². The second kappa shape index (κ2) is 23.7. The third-order valence-electron chi connectivity index (χ3n) is 8.35. The molecule has 1 aromatic carbocycles. The van der Waals surface area contributed by atoms with Crippen molar-refractivity contribution in [1.82, 2.24) is 0 Å². The smallest absolute Gasteiger partial charge is 0.306 e. The van der Waals surface area contributed by atoms with Gasteiger partial charge in [-0.25, -0.2) is 0 Å². The van der Waals surface area contributed by atoms with Gasteiger partial charge in [-0.05, 0) is 81.6 Å². The van der Waals surface area contributed by atoms with Gasteiger partial charge in [0.2, 0.25) is 0 Å². The predicted octanol–water partition coefficient (Wildman–Crippen LogP) is 4.84. The summed E-state index contributed by atoms with van der Waals surface area (Å²) in [6.07, 6.45) is 18.7. The van der Waals surface area contributed by atoms with Crippen LogP contribution in [-0.2, 0) is 35.0 Å². The van der Waals surface area contributed by atoms with Gasteiger partial charge in [0.1, 0.15) is 13.2 Å². The average Bonchev–Trinajstić information content (AvgIpc) is 3.33. The van der Waals surface area contributed by atoms with E-state index in [1.54, 1.807) is 0 Å². The largest absolute Gasteiger partial charge is 0.462 e. The molecule has 0 bridgehead atoms. The fourth-order valence-corrected chi connectivity index (χ4v) is 5.70. The van der Waals surface area contributed by atoms with Crippen LogP contribution in [-0.4, -0.2) is 70.9 Å². The van der Waals surface area contributed by atoms with Crippen molar-refractivity contribution in [1.29, 1.82) is 0 Å². The maximum atomic E-state index is 12.5. The van der Waals surface area contributed by atoms with E-state index >= 15 is 0 Å². The first-order chi connectivity index (χ1) is 22.7. The highest BCUT2D eigenvalue weighted by atomic mass is 16.6. The van der Waals surface area contributed by atoms with E-state index in [0.29, 0.717) is 70.6 Å². The number of unbranched alkanes of at least 4 members (excludes halogenated alkanes) is 3. The van der Waals surface area contributed by atoms with Gasteiger partial charge in [-0.15, -0.1) is 24.7 Å². The molecule has 0 radical (unpaired) electrons. The van der Waals surface area contributed by atoms with Gasteiger partial charge in [0.05, 0.1) is 18.3 Å². The highest BCUT2D eigenvalue weighted by Gasteiger charge is 2.40. The van der Waals surface area contributed by atoms with Crippen molar-refractivity contribution in [2.45, 2.75) is 121 Å². The lowest BCUT2D eigenvalue weighted by Gasteiger charge is -2.23. The van der Waals surface area contributed by atoms with Gasteiger partial charge in [-0.2, -0.15) is 0 Å². The molecule has 1 saturated carbocycles. The zero-order valence-corrected chi connectivity index (χ0v) is 27.5. The lowest BCUT2D eigenvalue weighted by molar-refractivity contribution is -0.166. The first-order valence-corrected chi connectivity index (χ1v) is 16.8. The monoisotopic (exact) mass is 652 g/mol. The molecule has 2 unspecified atom stereocenters. The molecule has 0 amide bonds. The molecule has 258 valence electrons. The Morgan fingerprint density at radius 3 is 2.04 bits per heavy atom. The van der Waals surface area contributed by atoms with Crippen LogP contribution in [0.25, 0.3) is 0 Å². The van der Waals surface area contributed by atoms with Crippen LogP contribution < -0.4 is 0 Å². The summed E-state index contributed by atoms with van der Waals surface area (Å²) in [5.74, 6) is 3.26. The van der Waals surface area contributed by atoms with E-state index in [-0.39, 0.29) is 44.3 Å². The lowest BCUT2D eigenvalue weighted by atomic mass is 9.85. The van der Waals surface area contributed by atoms with Crippen molar-refractivity contribution in [3.8, 4) is 24.7 Å². The number of esters is 3. The van der Waals surface area contributed by atoms with Crippen molar-refractivity contribution in [2.75, 3.05) is 13.2 Å². The number of carbonyl (C=O) groups is 3. The molecule has 1 aromatic rings. The molecule has 47 heavy (non-hydrogen) atoms. The number of allylic oxidation sites excluding steroid dienone is 2. The summed E-state index contributed by atoms with van der Waals surface area (Å²) in [4.78, 5) is 36.5. The number of aliphatic hydroxyl groups is 3. The zero-order valence-electron chi connectivity index (χ0n) is 27.5. The summed E-state index contributed by atoms with van der Waals surface area (Å²) >= 11 is 0. The van der Waals surface area contributed by atoms with Gasteiger partial charge in [-0.1, -0.05) is 42.5 Å². The second-order valence-electron chi connectivity index (χ2n) is 12.1. The van der Waals surface area contributed by atoms with E-state index < -0.39 is 42.3 Å². The maximum Gasteiger partial charge on any atom is 0.306 e. The molecule has 9 heteroatoms. The van der Waals surface area contributed by atoms with E-state index in [4.69, 9.17) is 27.1 Å². The van der Waals surface area contributed by atoms with E-state index in [2.05, 4.69) is 11.8 Å². The molecule has 9 nitrogen and oxygen atoms in total. The quantitative estimate of drug-likeness (QED) is 0.0498. The number of ether oxygens (including phenoxy) is 3. The Kier molecular flexibility index (Phi) is 19.9. The Bertz CT molecular complexity index is 1130. The lowest BCUT2D eigenvalue weighted by Crippen LogP contribution is -2.30. The van der Waals surface area contributed by atoms with Crippen LogP contribution in [0.2, 0.25) is 0 Å². The van der Waals surface area contributed by atoms with Crippen LogP contribution in [0, 0.1) is 36.5 Å². The van der Waals surface area contributed by atoms with Crippen LogP contribution in [0.5, 0.6) is 0 Å². The number of hydrogen-bond acceptors (Lipinski definition) is 9. The minimum Gasteiger partial charge on any atom is -0.462 e. The SMILES string of the molecule is C#CCCCC(=O)OCC(COC(=O)CCCC#C)OC(=O)CCC/C=C\C[C@@H]1C(CC[C@@H](O)CCc2ccccc2)C(O)C[C@@H]1O. The maximum absolute atomic E-state index is 12.5. The molecule has 0 aromatic heterocycles. The Hall–Kier alpha value is -3.63. The first kappa shape index (κ1) is 39.5. The molecule has 0 aliphatic heterocycles. The molecule has 1 fully saturated rings. The van der Waals surface area contributed by atoms with Crippen molar-refractivity contribution >= 4 is 17.9 Å². The van der Waals surface area contributed by atoms with Gasteiger partial charge in [0.15, 0.2) is 6.10 Å². The molecule has 0 saturated heterocycles. The number of terminal acetylenes is 2. The summed E-state index contributed by atoms with van der Waals surface area (Å²) in [5, 5.41) is 31.7. The number of rotatable bonds is 23. The third kappa shape index (κ3) is 17.2. The summed E-state index contributed by atoms with van der Waals surface area (Å²) in [6.45, 7) is -0.474. The Morgan fingerprint density at radius 2 is 1.43 bits per heavy atom. The first-order valence-electron chi connectivity index (χ1n) is 16.8. The normalized spacial score (nSPS) is 19.6. The van der Waals surface area contributed by atoms with Crippen LogP contribution in [0.1, 0.15) is 95.5 Å². The number of aliphatic hydroxyl groups excluding tert-OH is 3. The Labute approximate surface area is 280 Å². The van der Waals surface area contributed by atoms with Crippen LogP contribution in [0.3, 0.4) is 0 Å². The fourth-order valence-electron chi connectivity index (χ4n) is 5.70. The number of carbonyl (C=O) groups excluding carboxylic acids is 3. The van der Waals surface area contributed by atoms with Gasteiger partial charge >= 0.3 is 17.9 Å². The topological polar surface area (TPSA) is 140 Å². The molecule has 1 aliphatic rings. The standard InChI is InChI=1S/C38H52O9/c1-3-5-10-19-36(42)45-27-31(28-46-37(43)20-11-6-4-2)47-38(44)21-15-8-7-14-18-32-33(35(41)26-34(32)40)25-24-30(39)23-22-29-16-12-9-13-17-29/h1-2,7,9,12-14,16-17,30-35,39-41H,5-6,8,10-11,15,18-28H2/b14-7-/t30-,32+,33?,34-,35?/m0/s1. The van der Waals surface area contributed by atoms with Crippen LogP contribution >= 0.6 is 0 Å². The fraction of sp³-hybridized carbons (Fsp3) is 0.605. The van der Waals surface area contributed by atoms with E-state index in [1.165, 1.54) is 5.56 Å². The summed E-state index contributed by atoms with van der Waals surface area (Å²) in [5.41, 5.74) is 1.18. The van der Waals surface area contributed by atoms with E-state index in [9.17, 15) is 29.7 Å². The van der Waals surface area contributed by atoms with Crippen LogP contribution in [0.15, 0.2) is 42.5 Å². The molecule has 0 spiro atoms. The van der Waals surface area contributed by atoms with Crippen molar-refractivity contribution in [3.05, 3.63) is 48.0 Å². The average molecular weight is 653 g/mol. The molecule has 3 N–H and O–H groups in total. The van der Waals surface area contributed by atoms with Gasteiger partial charge < -0.3 is 29.5 Å². The van der Waals surface area contributed by atoms with Crippen molar-refractivity contribution in [3.63, 3.8) is 0 Å². The molecule has 2 rings (SSSR count). The molecule has 1 aliphatic carbocycles. The van der Waals surface area contributed by atoms with Gasteiger partial charge in [0, 0.05) is 32.1 Å². The van der Waals surface area contributed by atoms with Crippen LogP contribution in [0.4, 0.5) is 0 Å². The number of hydrogen-bond donors (Lipinski definition) is 3. The zero-order chi connectivity index (χ0) is 34.3. The second-order valence-corrected chi connectivity index (χ2v) is 12.1. The highest BCUT2D eigenvalue weighted by Crippen LogP contribution is 2.38. The summed E-state index contributed by atoms with van der Waals surface area (Å²) in [6, 6.07) is 10.0. The van der Waals surface area contributed by atoms with Crippen molar-refractivity contribution < 1.29 is 43.9 Å². The molecular weight excluding hydrogens is 600 g/mol. The third-order valence-corrected chi connectivity index (χ3v) is 8.35. The number of aryl methyl sites for hydroxylation is 1. The van der Waals surface area contributed by atoms with E-state index in [0.717, 1.165) is 6.42 Å². The minimum atomic E-state index is -0.935. The highest BCUT2D eigenvalue weighted by molar-refractivity contribution is 5.71. The van der Waals surface area contributed by atoms with Crippen molar-refractivity contribution in [2.24, 2.45) is 11.8 Å². The molecule has 5 atom stereocenters.